The zero-order valence-corrected chi connectivity index (χ0v) is 21.0. The number of anilines is 1. The third-order valence-corrected chi connectivity index (χ3v) is 4.75. The zero-order valence-electron chi connectivity index (χ0n) is 19.4. The molecule has 8 heteroatoms. The molecule has 0 bridgehead atoms. The molecule has 32 heavy (non-hydrogen) atoms. The lowest BCUT2D eigenvalue weighted by molar-refractivity contribution is 0.0256. The van der Waals surface area contributed by atoms with Gasteiger partial charge in [-0.25, -0.2) is 14.6 Å². The van der Waals surface area contributed by atoms with Gasteiger partial charge in [0.25, 0.3) is 0 Å². The lowest BCUT2D eigenvalue weighted by atomic mass is 10.1. The predicted molar refractivity (Wildman–Crippen MR) is 128 cm³/mol. The fraction of sp³-hybridized carbons (Fsp3) is 0.375. The molecule has 0 spiro atoms. The van der Waals surface area contributed by atoms with E-state index in [4.69, 9.17) is 14.5 Å². The van der Waals surface area contributed by atoms with Gasteiger partial charge < -0.3 is 9.47 Å². The number of benzene rings is 2. The van der Waals surface area contributed by atoms with Gasteiger partial charge in [-0.05, 0) is 78.3 Å². The number of amidine groups is 1. The Balaban J connectivity index is 2.23. The van der Waals surface area contributed by atoms with Crippen LogP contribution in [0, 0.1) is 6.92 Å². The lowest BCUT2D eigenvalue weighted by Crippen LogP contribution is -2.57. The van der Waals surface area contributed by atoms with Crippen LogP contribution >= 0.6 is 15.9 Å². The summed E-state index contributed by atoms with van der Waals surface area (Å²) >= 11 is 3.43. The van der Waals surface area contributed by atoms with Gasteiger partial charge in [0.05, 0.1) is 11.4 Å². The minimum atomic E-state index is -0.783. The molecule has 1 aliphatic rings. The summed E-state index contributed by atoms with van der Waals surface area (Å²) in [6, 6.07) is 12.8. The van der Waals surface area contributed by atoms with Gasteiger partial charge in [-0.15, -0.1) is 0 Å². The number of hydrogen-bond acceptors (Lipinski definition) is 5. The first-order valence-electron chi connectivity index (χ1n) is 10.3. The first kappa shape index (κ1) is 23.8. The minimum absolute atomic E-state index is 0.258. The number of rotatable bonds is 1. The molecule has 2 amide bonds. The van der Waals surface area contributed by atoms with E-state index >= 15 is 0 Å². The van der Waals surface area contributed by atoms with Crippen molar-refractivity contribution in [2.45, 2.75) is 59.7 Å². The van der Waals surface area contributed by atoms with Crippen molar-refractivity contribution >= 4 is 45.3 Å². The molecular formula is C24H28BrN3O4. The first-order valence-corrected chi connectivity index (χ1v) is 11.1. The van der Waals surface area contributed by atoms with Gasteiger partial charge in [0.15, 0.2) is 5.84 Å². The second-order valence-corrected chi connectivity index (χ2v) is 10.4. The number of aryl methyl sites for hydroxylation is 1. The number of halogens is 1. The smallest absolute Gasteiger partial charge is 0.436 e. The summed E-state index contributed by atoms with van der Waals surface area (Å²) in [5.41, 5.74) is 0.967. The number of hydrazine groups is 1. The van der Waals surface area contributed by atoms with Crippen LogP contribution in [0.1, 0.15) is 52.7 Å². The zero-order chi connectivity index (χ0) is 23.8. The first-order chi connectivity index (χ1) is 14.7. The Kier molecular flexibility index (Phi) is 6.38. The average Bonchev–Trinajstić information content (AvgIpc) is 2.64. The molecule has 0 atom stereocenters. The Morgan fingerprint density at radius 1 is 0.844 bits per heavy atom. The molecule has 1 heterocycles. The molecule has 0 saturated heterocycles. The van der Waals surface area contributed by atoms with Crippen molar-refractivity contribution in [3.05, 3.63) is 58.1 Å². The third kappa shape index (κ3) is 5.48. The lowest BCUT2D eigenvalue weighted by Gasteiger charge is -2.39. The van der Waals surface area contributed by atoms with Gasteiger partial charge in [-0.1, -0.05) is 34.1 Å². The van der Waals surface area contributed by atoms with E-state index in [1.54, 1.807) is 47.6 Å². The maximum absolute atomic E-state index is 13.4. The molecule has 7 nitrogen and oxygen atoms in total. The average molecular weight is 502 g/mol. The predicted octanol–water partition coefficient (Wildman–Crippen LogP) is 6.74. The molecule has 1 aliphatic heterocycles. The molecular weight excluding hydrogens is 474 g/mol. The van der Waals surface area contributed by atoms with Crippen molar-refractivity contribution in [3.8, 4) is 0 Å². The molecule has 0 aromatic heterocycles. The van der Waals surface area contributed by atoms with E-state index in [2.05, 4.69) is 15.9 Å². The SMILES string of the molecule is Cc1ccc2c(c1)N(C(=O)OC(C)(C)C)N(C(=O)OC(C)(C)C)C(c1ccc(Br)cc1)=N2. The van der Waals surface area contributed by atoms with Crippen molar-refractivity contribution in [3.63, 3.8) is 0 Å². The van der Waals surface area contributed by atoms with Gasteiger partial charge in [0.2, 0.25) is 0 Å². The van der Waals surface area contributed by atoms with E-state index < -0.39 is 23.4 Å². The molecule has 0 saturated carbocycles. The molecule has 170 valence electrons. The molecule has 0 N–H and O–H groups in total. The molecule has 0 unspecified atom stereocenters. The van der Waals surface area contributed by atoms with Crippen LogP contribution in [-0.2, 0) is 9.47 Å². The van der Waals surface area contributed by atoms with Gasteiger partial charge in [-0.2, -0.15) is 10.0 Å². The van der Waals surface area contributed by atoms with Crippen LogP contribution in [0.2, 0.25) is 0 Å². The summed E-state index contributed by atoms with van der Waals surface area (Å²) in [6.07, 6.45) is -1.45. The number of hydrogen-bond donors (Lipinski definition) is 0. The number of amides is 2. The number of ether oxygens (including phenoxy) is 2. The molecule has 2 aromatic rings. The van der Waals surface area contributed by atoms with E-state index in [1.807, 2.05) is 43.3 Å². The van der Waals surface area contributed by atoms with Gasteiger partial charge in [0, 0.05) is 10.0 Å². The van der Waals surface area contributed by atoms with Crippen LogP contribution in [0.3, 0.4) is 0 Å². The standard InChI is InChI=1S/C24H28BrN3O4/c1-15-8-13-18-19(14-15)27(21(29)31-23(2,3)4)28(22(30)32-24(5,6)7)20(26-18)16-9-11-17(25)12-10-16/h8-14H,1-7H3. The van der Waals surface area contributed by atoms with Crippen molar-refractivity contribution < 1.29 is 19.1 Å². The fourth-order valence-electron chi connectivity index (χ4n) is 3.01. The van der Waals surface area contributed by atoms with Crippen LogP contribution in [0.4, 0.5) is 21.0 Å². The monoisotopic (exact) mass is 501 g/mol. The Morgan fingerprint density at radius 2 is 1.38 bits per heavy atom. The third-order valence-electron chi connectivity index (χ3n) is 4.22. The van der Waals surface area contributed by atoms with Crippen molar-refractivity contribution in [2.24, 2.45) is 4.99 Å². The second kappa shape index (κ2) is 8.58. The highest BCUT2D eigenvalue weighted by Gasteiger charge is 2.41. The van der Waals surface area contributed by atoms with Crippen LogP contribution in [0.5, 0.6) is 0 Å². The van der Waals surface area contributed by atoms with Crippen LogP contribution in [0.15, 0.2) is 51.9 Å². The normalized spacial score (nSPS) is 13.9. The second-order valence-electron chi connectivity index (χ2n) is 9.52. The Labute approximate surface area is 197 Å². The summed E-state index contributed by atoms with van der Waals surface area (Å²) in [6.45, 7) is 12.5. The van der Waals surface area contributed by atoms with E-state index in [1.165, 1.54) is 5.01 Å². The number of carbonyl (C=O) groups excluding carboxylic acids is 2. The van der Waals surface area contributed by atoms with E-state index in [9.17, 15) is 9.59 Å². The number of aliphatic imine (C=N–C) groups is 1. The number of carbonyl (C=O) groups is 2. The summed E-state index contributed by atoms with van der Waals surface area (Å²) < 4.78 is 12.2. The highest BCUT2D eigenvalue weighted by Crippen LogP contribution is 2.38. The van der Waals surface area contributed by atoms with Gasteiger partial charge in [-0.3, -0.25) is 0 Å². The van der Waals surface area contributed by atoms with E-state index in [0.29, 0.717) is 16.9 Å². The summed E-state index contributed by atoms with van der Waals surface area (Å²) in [5.74, 6) is 0.258. The molecule has 3 rings (SSSR count). The summed E-state index contributed by atoms with van der Waals surface area (Å²) in [5, 5.41) is 2.34. The van der Waals surface area contributed by atoms with Crippen molar-refractivity contribution in [1.29, 1.82) is 0 Å². The maximum atomic E-state index is 13.4. The van der Waals surface area contributed by atoms with E-state index in [-0.39, 0.29) is 5.84 Å². The number of fused-ring (bicyclic) bond motifs is 1. The number of nitrogens with zero attached hydrogens (tertiary/aromatic N) is 3. The molecule has 2 aromatic carbocycles. The molecule has 0 radical (unpaired) electrons. The van der Waals surface area contributed by atoms with Crippen molar-refractivity contribution in [2.75, 3.05) is 5.01 Å². The van der Waals surface area contributed by atoms with Crippen molar-refractivity contribution in [1.82, 2.24) is 5.01 Å². The van der Waals surface area contributed by atoms with Crippen LogP contribution in [0.25, 0.3) is 0 Å². The Morgan fingerprint density at radius 3 is 1.91 bits per heavy atom. The largest absolute Gasteiger partial charge is 0.442 e. The Bertz CT molecular complexity index is 1070. The van der Waals surface area contributed by atoms with Crippen LogP contribution < -0.4 is 5.01 Å². The topological polar surface area (TPSA) is 71.4 Å². The molecule has 0 fully saturated rings. The quantitative estimate of drug-likeness (QED) is 0.433. The van der Waals surface area contributed by atoms with E-state index in [0.717, 1.165) is 15.0 Å². The maximum Gasteiger partial charge on any atom is 0.436 e. The summed E-state index contributed by atoms with van der Waals surface area (Å²) in [7, 11) is 0. The molecule has 0 aliphatic carbocycles. The minimum Gasteiger partial charge on any atom is -0.442 e. The highest BCUT2D eigenvalue weighted by atomic mass is 79.9. The fourth-order valence-corrected chi connectivity index (χ4v) is 3.27. The summed E-state index contributed by atoms with van der Waals surface area (Å²) in [4.78, 5) is 31.5. The van der Waals surface area contributed by atoms with Gasteiger partial charge in [0.1, 0.15) is 11.2 Å². The van der Waals surface area contributed by atoms with Gasteiger partial charge >= 0.3 is 12.2 Å². The highest BCUT2D eigenvalue weighted by molar-refractivity contribution is 9.10. The van der Waals surface area contributed by atoms with Crippen LogP contribution in [-0.4, -0.2) is 34.2 Å². The Hall–Kier alpha value is -2.87.